The lowest BCUT2D eigenvalue weighted by Gasteiger charge is -2.06. The molecular formula is C21H16. The fraction of sp³-hybridized carbons (Fsp3) is 0.0476. The zero-order chi connectivity index (χ0) is 14.2. The van der Waals surface area contributed by atoms with Gasteiger partial charge in [0.15, 0.2) is 0 Å². The number of hydrogen-bond acceptors (Lipinski definition) is 0. The van der Waals surface area contributed by atoms with Crippen LogP contribution in [0.1, 0.15) is 22.3 Å². The molecule has 100 valence electrons. The normalized spacial score (nSPS) is 14.0. The molecule has 0 amide bonds. The summed E-state index contributed by atoms with van der Waals surface area (Å²) in [6.45, 7) is 2.20. The molecule has 0 heteroatoms. The highest BCUT2D eigenvalue weighted by molar-refractivity contribution is 6.07. The van der Waals surface area contributed by atoms with Crippen molar-refractivity contribution in [3.63, 3.8) is 0 Å². The lowest BCUT2D eigenvalue weighted by Crippen LogP contribution is -1.86. The van der Waals surface area contributed by atoms with Gasteiger partial charge in [-0.3, -0.25) is 0 Å². The Bertz CT molecular complexity index is 839. The van der Waals surface area contributed by atoms with E-state index in [0.717, 1.165) is 0 Å². The van der Waals surface area contributed by atoms with Crippen LogP contribution in [0.4, 0.5) is 0 Å². The number of rotatable bonds is 1. The number of hydrogen-bond donors (Lipinski definition) is 0. The third kappa shape index (κ3) is 1.92. The maximum atomic E-state index is 2.30. The fourth-order valence-corrected chi connectivity index (χ4v) is 3.20. The summed E-state index contributed by atoms with van der Waals surface area (Å²) in [6.07, 6.45) is 2.30. The van der Waals surface area contributed by atoms with Crippen molar-refractivity contribution < 1.29 is 0 Å². The molecule has 3 aromatic rings. The first kappa shape index (κ1) is 12.2. The Labute approximate surface area is 125 Å². The molecule has 0 bridgehead atoms. The molecule has 0 saturated heterocycles. The van der Waals surface area contributed by atoms with Crippen LogP contribution in [0, 0.1) is 6.92 Å². The molecule has 0 heterocycles. The van der Waals surface area contributed by atoms with Crippen LogP contribution in [-0.2, 0) is 0 Å². The van der Waals surface area contributed by atoms with Crippen molar-refractivity contribution in [2.24, 2.45) is 0 Å². The second-order valence-electron chi connectivity index (χ2n) is 5.51. The molecule has 0 aromatic heterocycles. The molecule has 0 radical (unpaired) electrons. The second kappa shape index (κ2) is 4.75. The van der Waals surface area contributed by atoms with Crippen LogP contribution in [0.2, 0.25) is 0 Å². The second-order valence-corrected chi connectivity index (χ2v) is 5.51. The molecule has 0 saturated carbocycles. The molecule has 1 aliphatic carbocycles. The summed E-state index contributed by atoms with van der Waals surface area (Å²) >= 11 is 0. The summed E-state index contributed by atoms with van der Waals surface area (Å²) in [5, 5.41) is 0. The first-order valence-electron chi connectivity index (χ1n) is 7.31. The van der Waals surface area contributed by atoms with Crippen LogP contribution >= 0.6 is 0 Å². The van der Waals surface area contributed by atoms with Crippen molar-refractivity contribution in [3.8, 4) is 11.1 Å². The van der Waals surface area contributed by atoms with E-state index in [1.54, 1.807) is 0 Å². The lowest BCUT2D eigenvalue weighted by atomic mass is 9.97. The van der Waals surface area contributed by atoms with E-state index in [9.17, 15) is 0 Å². The average molecular weight is 268 g/mol. The van der Waals surface area contributed by atoms with Crippen LogP contribution < -0.4 is 0 Å². The van der Waals surface area contributed by atoms with Crippen LogP contribution in [0.25, 0.3) is 22.8 Å². The Kier molecular flexibility index (Phi) is 2.75. The predicted octanol–water partition coefficient (Wildman–Crippen LogP) is 5.56. The van der Waals surface area contributed by atoms with Crippen LogP contribution in [-0.4, -0.2) is 0 Å². The maximum absolute atomic E-state index is 2.30. The molecule has 0 atom stereocenters. The minimum absolute atomic E-state index is 1.25. The Morgan fingerprint density at radius 3 is 2.10 bits per heavy atom. The van der Waals surface area contributed by atoms with Crippen molar-refractivity contribution in [3.05, 3.63) is 95.1 Å². The molecular weight excluding hydrogens is 252 g/mol. The van der Waals surface area contributed by atoms with Crippen LogP contribution in [0.15, 0.2) is 72.8 Å². The fourth-order valence-electron chi connectivity index (χ4n) is 3.20. The SMILES string of the molecule is Cc1cccc2c1/C(=C\c1ccccc1)c1ccccc1-2. The molecule has 4 rings (SSSR count). The Hall–Kier alpha value is -2.60. The zero-order valence-electron chi connectivity index (χ0n) is 12.0. The van der Waals surface area contributed by atoms with E-state index < -0.39 is 0 Å². The van der Waals surface area contributed by atoms with Crippen molar-refractivity contribution in [2.75, 3.05) is 0 Å². The maximum Gasteiger partial charge on any atom is -0.00694 e. The molecule has 0 N–H and O–H groups in total. The molecule has 0 nitrogen and oxygen atoms in total. The molecule has 3 aromatic carbocycles. The molecule has 0 aliphatic heterocycles. The van der Waals surface area contributed by atoms with Gasteiger partial charge < -0.3 is 0 Å². The Balaban J connectivity index is 2.02. The van der Waals surface area contributed by atoms with Gasteiger partial charge in [-0.1, -0.05) is 72.8 Å². The minimum Gasteiger partial charge on any atom is -0.0622 e. The summed E-state index contributed by atoms with van der Waals surface area (Å²) in [5.74, 6) is 0. The van der Waals surface area contributed by atoms with Crippen LogP contribution in [0.5, 0.6) is 0 Å². The average Bonchev–Trinajstić information content (AvgIpc) is 2.84. The van der Waals surface area contributed by atoms with Gasteiger partial charge in [0.2, 0.25) is 0 Å². The topological polar surface area (TPSA) is 0 Å². The van der Waals surface area contributed by atoms with Crippen molar-refractivity contribution in [1.29, 1.82) is 0 Å². The molecule has 0 spiro atoms. The summed E-state index contributed by atoms with van der Waals surface area (Å²) in [5.41, 5.74) is 9.34. The van der Waals surface area contributed by atoms with Gasteiger partial charge in [0.1, 0.15) is 0 Å². The molecule has 0 unspecified atom stereocenters. The van der Waals surface area contributed by atoms with Crippen LogP contribution in [0.3, 0.4) is 0 Å². The highest BCUT2D eigenvalue weighted by atomic mass is 14.3. The van der Waals surface area contributed by atoms with E-state index in [4.69, 9.17) is 0 Å². The van der Waals surface area contributed by atoms with Crippen molar-refractivity contribution in [2.45, 2.75) is 6.92 Å². The quantitative estimate of drug-likeness (QED) is 0.423. The molecule has 1 aliphatic rings. The molecule has 21 heavy (non-hydrogen) atoms. The van der Waals surface area contributed by atoms with Gasteiger partial charge in [-0.05, 0) is 52.0 Å². The van der Waals surface area contributed by atoms with Gasteiger partial charge in [0.05, 0.1) is 0 Å². The minimum atomic E-state index is 1.25. The highest BCUT2D eigenvalue weighted by Gasteiger charge is 2.23. The van der Waals surface area contributed by atoms with Gasteiger partial charge in [0.25, 0.3) is 0 Å². The summed E-state index contributed by atoms with van der Waals surface area (Å²) < 4.78 is 0. The molecule has 0 fully saturated rings. The lowest BCUT2D eigenvalue weighted by molar-refractivity contribution is 1.45. The van der Waals surface area contributed by atoms with E-state index in [1.165, 1.54) is 39.0 Å². The number of aryl methyl sites for hydroxylation is 1. The van der Waals surface area contributed by atoms with E-state index in [2.05, 4.69) is 85.8 Å². The Morgan fingerprint density at radius 2 is 1.29 bits per heavy atom. The third-order valence-electron chi connectivity index (χ3n) is 4.16. The smallest absolute Gasteiger partial charge is 0.00694 e. The van der Waals surface area contributed by atoms with Gasteiger partial charge in [0, 0.05) is 0 Å². The highest BCUT2D eigenvalue weighted by Crippen LogP contribution is 2.46. The van der Waals surface area contributed by atoms with Gasteiger partial charge in [-0.2, -0.15) is 0 Å². The van der Waals surface area contributed by atoms with E-state index in [-0.39, 0.29) is 0 Å². The predicted molar refractivity (Wildman–Crippen MR) is 90.0 cm³/mol. The van der Waals surface area contributed by atoms with E-state index >= 15 is 0 Å². The standard InChI is InChI=1S/C21H16/c1-15-8-7-13-19-17-11-5-6-12-18(17)20(21(15)19)14-16-9-3-2-4-10-16/h2-14H,1H3/b20-14-. The summed E-state index contributed by atoms with van der Waals surface area (Å²) in [7, 11) is 0. The summed E-state index contributed by atoms with van der Waals surface area (Å²) in [6, 6.07) is 25.8. The van der Waals surface area contributed by atoms with Crippen molar-refractivity contribution in [1.82, 2.24) is 0 Å². The zero-order valence-corrected chi connectivity index (χ0v) is 12.0. The largest absolute Gasteiger partial charge is 0.0622 e. The Morgan fingerprint density at radius 1 is 0.619 bits per heavy atom. The van der Waals surface area contributed by atoms with E-state index in [0.29, 0.717) is 0 Å². The third-order valence-corrected chi connectivity index (χ3v) is 4.16. The summed E-state index contributed by atoms with van der Waals surface area (Å²) in [4.78, 5) is 0. The van der Waals surface area contributed by atoms with E-state index in [1.807, 2.05) is 0 Å². The monoisotopic (exact) mass is 268 g/mol. The first-order chi connectivity index (χ1) is 10.3. The van der Waals surface area contributed by atoms with Gasteiger partial charge in [-0.15, -0.1) is 0 Å². The number of fused-ring (bicyclic) bond motifs is 3. The number of benzene rings is 3. The van der Waals surface area contributed by atoms with Gasteiger partial charge >= 0.3 is 0 Å². The first-order valence-corrected chi connectivity index (χ1v) is 7.31. The van der Waals surface area contributed by atoms with Gasteiger partial charge in [-0.25, -0.2) is 0 Å². The van der Waals surface area contributed by atoms with Crippen molar-refractivity contribution >= 4 is 11.6 Å².